The Bertz CT molecular complexity index is 448. The molecule has 2 aromatic heterocycles. The molecule has 0 aliphatic heterocycles. The second-order valence-corrected chi connectivity index (χ2v) is 3.27. The Kier molecular flexibility index (Phi) is 2.26. The summed E-state index contributed by atoms with van der Waals surface area (Å²) in [5, 5.41) is 9.39. The third kappa shape index (κ3) is 1.40. The normalized spacial score (nSPS) is 10.8. The van der Waals surface area contributed by atoms with E-state index < -0.39 is 0 Å². The van der Waals surface area contributed by atoms with Gasteiger partial charge in [0.15, 0.2) is 11.6 Å². The van der Waals surface area contributed by atoms with Crippen LogP contribution in [-0.4, -0.2) is 24.6 Å². The highest BCUT2D eigenvalue weighted by Crippen LogP contribution is 2.17. The maximum atomic E-state index is 8.85. The third-order valence-electron chi connectivity index (χ3n) is 1.94. The molecule has 2 aromatic rings. The van der Waals surface area contributed by atoms with Crippen molar-refractivity contribution in [3.8, 4) is 11.6 Å². The Hall–Kier alpha value is -1.33. The fourth-order valence-corrected chi connectivity index (χ4v) is 1.29. The van der Waals surface area contributed by atoms with Gasteiger partial charge in [0, 0.05) is 7.05 Å². The molecule has 0 aliphatic rings. The van der Waals surface area contributed by atoms with E-state index in [1.165, 1.54) is 0 Å². The summed E-state index contributed by atoms with van der Waals surface area (Å²) in [7, 11) is 1.80. The molecular formula is C8H9ClN4O. The van der Waals surface area contributed by atoms with Crippen molar-refractivity contribution in [2.24, 2.45) is 7.05 Å². The average Bonchev–Trinajstić information content (AvgIpc) is 2.75. The quantitative estimate of drug-likeness (QED) is 0.779. The molecule has 0 aliphatic carbocycles. The van der Waals surface area contributed by atoms with Crippen molar-refractivity contribution in [3.05, 3.63) is 23.2 Å². The second-order valence-electron chi connectivity index (χ2n) is 2.88. The fraction of sp³-hybridized carbons (Fsp3) is 0.250. The zero-order valence-electron chi connectivity index (χ0n) is 7.53. The molecule has 0 unspecified atom stereocenters. The molecular weight excluding hydrogens is 204 g/mol. The van der Waals surface area contributed by atoms with Crippen molar-refractivity contribution < 1.29 is 5.11 Å². The molecule has 0 saturated heterocycles. The van der Waals surface area contributed by atoms with E-state index in [2.05, 4.69) is 15.0 Å². The van der Waals surface area contributed by atoms with Crippen molar-refractivity contribution in [2.45, 2.75) is 6.61 Å². The van der Waals surface area contributed by atoms with Crippen molar-refractivity contribution in [1.29, 1.82) is 0 Å². The number of nitrogens with zero attached hydrogens (tertiary/aromatic N) is 3. The van der Waals surface area contributed by atoms with Crippen LogP contribution in [0.1, 0.15) is 5.69 Å². The Morgan fingerprint density at radius 2 is 2.29 bits per heavy atom. The highest BCUT2D eigenvalue weighted by atomic mass is 35.5. The van der Waals surface area contributed by atoms with Crippen molar-refractivity contribution in [2.75, 3.05) is 0 Å². The molecule has 0 atom stereocenters. The van der Waals surface area contributed by atoms with E-state index in [1.54, 1.807) is 24.0 Å². The summed E-state index contributed by atoms with van der Waals surface area (Å²) in [6, 6.07) is 0. The highest BCUT2D eigenvalue weighted by molar-refractivity contribution is 6.29. The lowest BCUT2D eigenvalue weighted by Crippen LogP contribution is -1.94. The second kappa shape index (κ2) is 3.43. The molecule has 2 rings (SSSR count). The van der Waals surface area contributed by atoms with Gasteiger partial charge in [0.1, 0.15) is 5.15 Å². The van der Waals surface area contributed by atoms with E-state index in [0.717, 1.165) is 0 Å². The van der Waals surface area contributed by atoms with Crippen molar-refractivity contribution in [1.82, 2.24) is 19.5 Å². The maximum Gasteiger partial charge on any atom is 0.177 e. The van der Waals surface area contributed by atoms with E-state index in [-0.39, 0.29) is 6.61 Å². The summed E-state index contributed by atoms with van der Waals surface area (Å²) < 4.78 is 1.71. The largest absolute Gasteiger partial charge is 0.390 e. The molecule has 2 heterocycles. The minimum Gasteiger partial charge on any atom is -0.390 e. The van der Waals surface area contributed by atoms with Crippen LogP contribution in [0.5, 0.6) is 0 Å². The number of aromatic nitrogens is 4. The number of nitrogens with one attached hydrogen (secondary N) is 1. The van der Waals surface area contributed by atoms with Crippen LogP contribution in [0.4, 0.5) is 0 Å². The first-order valence-corrected chi connectivity index (χ1v) is 4.42. The topological polar surface area (TPSA) is 66.7 Å². The van der Waals surface area contributed by atoms with Crippen LogP contribution in [0, 0.1) is 0 Å². The van der Waals surface area contributed by atoms with Crippen LogP contribution in [0.25, 0.3) is 11.6 Å². The predicted molar refractivity (Wildman–Crippen MR) is 51.7 cm³/mol. The first-order chi connectivity index (χ1) is 6.72. The Balaban J connectivity index is 2.44. The van der Waals surface area contributed by atoms with Gasteiger partial charge in [0.2, 0.25) is 0 Å². The third-order valence-corrected chi connectivity index (χ3v) is 2.29. The molecule has 2 N–H and O–H groups in total. The lowest BCUT2D eigenvalue weighted by atomic mass is 10.5. The number of hydrogen-bond donors (Lipinski definition) is 2. The number of aliphatic hydroxyl groups is 1. The van der Waals surface area contributed by atoms with Gasteiger partial charge in [-0.2, -0.15) is 0 Å². The number of halogens is 1. The lowest BCUT2D eigenvalue weighted by Gasteiger charge is -1.97. The number of aliphatic hydroxyl groups excluding tert-OH is 1. The number of aromatic amines is 1. The average molecular weight is 213 g/mol. The lowest BCUT2D eigenvalue weighted by molar-refractivity contribution is 0.277. The Morgan fingerprint density at radius 3 is 2.79 bits per heavy atom. The standard InChI is InChI=1S/C8H9ClN4O/c1-13-6(9)3-11-8(13)7-10-2-5(4-14)12-7/h2-3,14H,4H2,1H3,(H,10,12). The summed E-state index contributed by atoms with van der Waals surface area (Å²) in [4.78, 5) is 11.1. The maximum absolute atomic E-state index is 8.85. The van der Waals surface area contributed by atoms with Crippen LogP contribution in [0.15, 0.2) is 12.4 Å². The SMILES string of the molecule is Cn1c(Cl)cnc1-c1ncc(CO)[nH]1. The van der Waals surface area contributed by atoms with E-state index in [9.17, 15) is 0 Å². The molecule has 0 radical (unpaired) electrons. The van der Waals surface area contributed by atoms with Crippen LogP contribution in [0.3, 0.4) is 0 Å². The summed E-state index contributed by atoms with van der Waals surface area (Å²) in [6.07, 6.45) is 3.12. The van der Waals surface area contributed by atoms with Crippen LogP contribution < -0.4 is 0 Å². The summed E-state index contributed by atoms with van der Waals surface area (Å²) in [6.45, 7) is -0.0643. The van der Waals surface area contributed by atoms with Gasteiger partial charge in [-0.25, -0.2) is 9.97 Å². The molecule has 5 nitrogen and oxygen atoms in total. The summed E-state index contributed by atoms with van der Waals surface area (Å²) in [5.41, 5.74) is 0.652. The molecule has 0 bridgehead atoms. The van der Waals surface area contributed by atoms with Gasteiger partial charge in [0.05, 0.1) is 24.7 Å². The van der Waals surface area contributed by atoms with Crippen molar-refractivity contribution in [3.63, 3.8) is 0 Å². The highest BCUT2D eigenvalue weighted by Gasteiger charge is 2.10. The molecule has 0 saturated carbocycles. The molecule has 0 spiro atoms. The van der Waals surface area contributed by atoms with Gasteiger partial charge in [-0.1, -0.05) is 11.6 Å². The number of imidazole rings is 2. The predicted octanol–water partition coefficient (Wildman–Crippen LogP) is 0.956. The van der Waals surface area contributed by atoms with Gasteiger partial charge in [0.25, 0.3) is 0 Å². The molecule has 74 valence electrons. The zero-order valence-corrected chi connectivity index (χ0v) is 8.28. The van der Waals surface area contributed by atoms with Gasteiger partial charge in [-0.05, 0) is 0 Å². The molecule has 0 aromatic carbocycles. The van der Waals surface area contributed by atoms with Gasteiger partial charge >= 0.3 is 0 Å². The van der Waals surface area contributed by atoms with Crippen LogP contribution in [-0.2, 0) is 13.7 Å². The van der Waals surface area contributed by atoms with E-state index in [4.69, 9.17) is 16.7 Å². The van der Waals surface area contributed by atoms with Crippen molar-refractivity contribution >= 4 is 11.6 Å². The Labute approximate surface area is 85.4 Å². The van der Waals surface area contributed by atoms with E-state index in [1.807, 2.05) is 0 Å². The Morgan fingerprint density at radius 1 is 1.50 bits per heavy atom. The monoisotopic (exact) mass is 212 g/mol. The zero-order chi connectivity index (χ0) is 10.1. The molecule has 14 heavy (non-hydrogen) atoms. The number of hydrogen-bond acceptors (Lipinski definition) is 3. The number of rotatable bonds is 2. The molecule has 6 heteroatoms. The molecule has 0 amide bonds. The van der Waals surface area contributed by atoms with E-state index >= 15 is 0 Å². The van der Waals surface area contributed by atoms with Crippen LogP contribution >= 0.6 is 11.6 Å². The number of H-pyrrole nitrogens is 1. The minimum atomic E-state index is -0.0643. The fourth-order valence-electron chi connectivity index (χ4n) is 1.16. The smallest absolute Gasteiger partial charge is 0.177 e. The van der Waals surface area contributed by atoms with Crippen LogP contribution in [0.2, 0.25) is 5.15 Å². The minimum absolute atomic E-state index is 0.0643. The molecule has 0 fully saturated rings. The first-order valence-electron chi connectivity index (χ1n) is 4.04. The first kappa shape index (κ1) is 9.23. The van der Waals surface area contributed by atoms with Gasteiger partial charge < -0.3 is 14.7 Å². The van der Waals surface area contributed by atoms with E-state index in [0.29, 0.717) is 22.5 Å². The summed E-state index contributed by atoms with van der Waals surface area (Å²) in [5.74, 6) is 1.25. The van der Waals surface area contributed by atoms with Gasteiger partial charge in [-0.15, -0.1) is 0 Å². The summed E-state index contributed by atoms with van der Waals surface area (Å²) >= 11 is 5.83. The van der Waals surface area contributed by atoms with Gasteiger partial charge in [-0.3, -0.25) is 0 Å².